The highest BCUT2D eigenvalue weighted by Gasteiger charge is 2.11. The lowest BCUT2D eigenvalue weighted by atomic mass is 9.97. The number of aryl methyl sites for hydroxylation is 1. The van der Waals surface area contributed by atoms with Crippen molar-refractivity contribution in [2.75, 3.05) is 6.54 Å². The van der Waals surface area contributed by atoms with Gasteiger partial charge in [-0.05, 0) is 43.9 Å². The van der Waals surface area contributed by atoms with Crippen molar-refractivity contribution in [2.24, 2.45) is 5.92 Å². The molecule has 0 radical (unpaired) electrons. The number of hydrogen-bond acceptors (Lipinski definition) is 2. The number of para-hydroxylation sites is 1. The van der Waals surface area contributed by atoms with Crippen LogP contribution in [0.2, 0.25) is 0 Å². The van der Waals surface area contributed by atoms with Gasteiger partial charge in [0, 0.05) is 17.1 Å². The van der Waals surface area contributed by atoms with E-state index in [-0.39, 0.29) is 0 Å². The number of nitrogens with zero attached hydrogens (tertiary/aromatic N) is 1. The van der Waals surface area contributed by atoms with Crippen LogP contribution < -0.4 is 5.32 Å². The van der Waals surface area contributed by atoms with E-state index in [1.54, 1.807) is 0 Å². The van der Waals surface area contributed by atoms with E-state index in [1.807, 2.05) is 0 Å². The summed E-state index contributed by atoms with van der Waals surface area (Å²) in [5.41, 5.74) is 2.32. The first kappa shape index (κ1) is 15.0. The summed E-state index contributed by atoms with van der Waals surface area (Å²) in [4.78, 5) is 4.74. The third-order valence-electron chi connectivity index (χ3n) is 3.88. The number of aromatic nitrogens is 1. The molecule has 108 valence electrons. The van der Waals surface area contributed by atoms with Crippen LogP contribution in [-0.4, -0.2) is 17.6 Å². The zero-order valence-electron chi connectivity index (χ0n) is 12.9. The van der Waals surface area contributed by atoms with E-state index in [1.165, 1.54) is 23.9 Å². The van der Waals surface area contributed by atoms with Gasteiger partial charge in [0.25, 0.3) is 0 Å². The Morgan fingerprint density at radius 3 is 2.65 bits per heavy atom. The molecule has 1 N–H and O–H groups in total. The van der Waals surface area contributed by atoms with Crippen molar-refractivity contribution in [1.29, 1.82) is 0 Å². The van der Waals surface area contributed by atoms with E-state index in [0.29, 0.717) is 12.0 Å². The standard InChI is InChI=1S/C18H26N2/c1-4-19-17(14(2)3)11-7-9-16-13-12-15-8-5-6-10-18(15)20-16/h5-6,8,10,12-14,17,19H,4,7,9,11H2,1-3H3. The van der Waals surface area contributed by atoms with Crippen LogP contribution in [0.3, 0.4) is 0 Å². The van der Waals surface area contributed by atoms with Crippen molar-refractivity contribution in [2.45, 2.75) is 46.1 Å². The Hall–Kier alpha value is -1.41. The SMILES string of the molecule is CCNC(CCCc1ccc2ccccc2n1)C(C)C. The van der Waals surface area contributed by atoms with Gasteiger partial charge < -0.3 is 5.32 Å². The fraction of sp³-hybridized carbons (Fsp3) is 0.500. The lowest BCUT2D eigenvalue weighted by Crippen LogP contribution is -2.33. The van der Waals surface area contributed by atoms with Crippen LogP contribution in [-0.2, 0) is 6.42 Å². The van der Waals surface area contributed by atoms with Crippen LogP contribution in [0.25, 0.3) is 10.9 Å². The van der Waals surface area contributed by atoms with E-state index in [9.17, 15) is 0 Å². The Morgan fingerprint density at radius 2 is 1.90 bits per heavy atom. The highest BCUT2D eigenvalue weighted by atomic mass is 14.9. The van der Waals surface area contributed by atoms with Crippen molar-refractivity contribution in [1.82, 2.24) is 10.3 Å². The first-order valence-corrected chi connectivity index (χ1v) is 7.78. The third-order valence-corrected chi connectivity index (χ3v) is 3.88. The fourth-order valence-electron chi connectivity index (χ4n) is 2.68. The van der Waals surface area contributed by atoms with Crippen molar-refractivity contribution in [3.8, 4) is 0 Å². The monoisotopic (exact) mass is 270 g/mol. The van der Waals surface area contributed by atoms with E-state index < -0.39 is 0 Å². The zero-order chi connectivity index (χ0) is 14.4. The van der Waals surface area contributed by atoms with Gasteiger partial charge in [0.1, 0.15) is 0 Å². The van der Waals surface area contributed by atoms with E-state index in [0.717, 1.165) is 18.5 Å². The van der Waals surface area contributed by atoms with Gasteiger partial charge in [0.15, 0.2) is 0 Å². The number of fused-ring (bicyclic) bond motifs is 1. The van der Waals surface area contributed by atoms with Gasteiger partial charge in [-0.15, -0.1) is 0 Å². The first-order valence-electron chi connectivity index (χ1n) is 7.78. The van der Waals surface area contributed by atoms with Crippen LogP contribution in [0.15, 0.2) is 36.4 Å². The topological polar surface area (TPSA) is 24.9 Å². The van der Waals surface area contributed by atoms with Crippen molar-refractivity contribution in [3.05, 3.63) is 42.1 Å². The largest absolute Gasteiger partial charge is 0.314 e. The van der Waals surface area contributed by atoms with Crippen LogP contribution in [0.1, 0.15) is 39.3 Å². The minimum absolute atomic E-state index is 0.625. The molecule has 0 amide bonds. The minimum Gasteiger partial charge on any atom is -0.314 e. The molecule has 1 aromatic heterocycles. The summed E-state index contributed by atoms with van der Waals surface area (Å²) in [5.74, 6) is 0.694. The van der Waals surface area contributed by atoms with Gasteiger partial charge in [0.05, 0.1) is 5.52 Å². The lowest BCUT2D eigenvalue weighted by molar-refractivity contribution is 0.376. The fourth-order valence-corrected chi connectivity index (χ4v) is 2.68. The molecule has 2 heteroatoms. The molecule has 0 spiro atoms. The van der Waals surface area contributed by atoms with Crippen LogP contribution in [0.4, 0.5) is 0 Å². The second kappa shape index (κ2) is 7.39. The van der Waals surface area contributed by atoms with E-state index in [2.05, 4.69) is 62.5 Å². The molecule has 2 nitrogen and oxygen atoms in total. The maximum Gasteiger partial charge on any atom is 0.0705 e. The number of nitrogens with one attached hydrogen (secondary N) is 1. The van der Waals surface area contributed by atoms with Gasteiger partial charge in [-0.25, -0.2) is 0 Å². The quantitative estimate of drug-likeness (QED) is 0.816. The molecule has 2 rings (SSSR count). The summed E-state index contributed by atoms with van der Waals surface area (Å²) < 4.78 is 0. The van der Waals surface area contributed by atoms with Crippen molar-refractivity contribution >= 4 is 10.9 Å². The molecule has 1 heterocycles. The average Bonchev–Trinajstić information content (AvgIpc) is 2.46. The molecule has 0 fully saturated rings. The Bertz CT molecular complexity index is 534. The summed E-state index contributed by atoms with van der Waals surface area (Å²) in [6.45, 7) is 7.82. The summed E-state index contributed by atoms with van der Waals surface area (Å²) >= 11 is 0. The van der Waals surface area contributed by atoms with Gasteiger partial charge in [-0.3, -0.25) is 4.98 Å². The first-order chi connectivity index (χ1) is 9.70. The number of hydrogen-bond donors (Lipinski definition) is 1. The number of rotatable bonds is 7. The summed E-state index contributed by atoms with van der Waals surface area (Å²) in [6.07, 6.45) is 3.49. The molecule has 0 bridgehead atoms. The molecular formula is C18H26N2. The Kier molecular flexibility index (Phi) is 5.54. The predicted octanol–water partition coefficient (Wildman–Crippen LogP) is 4.19. The Balaban J connectivity index is 1.92. The molecule has 1 unspecified atom stereocenters. The van der Waals surface area contributed by atoms with Gasteiger partial charge >= 0.3 is 0 Å². The molecule has 0 saturated heterocycles. The van der Waals surface area contributed by atoms with Gasteiger partial charge in [0.2, 0.25) is 0 Å². The molecule has 20 heavy (non-hydrogen) atoms. The second-order valence-corrected chi connectivity index (χ2v) is 5.80. The number of pyridine rings is 1. The third kappa shape index (κ3) is 4.04. The van der Waals surface area contributed by atoms with Crippen LogP contribution in [0, 0.1) is 5.92 Å². The maximum absolute atomic E-state index is 4.74. The van der Waals surface area contributed by atoms with Crippen LogP contribution in [0.5, 0.6) is 0 Å². The molecule has 0 saturated carbocycles. The molecule has 0 aliphatic heterocycles. The average molecular weight is 270 g/mol. The highest BCUT2D eigenvalue weighted by Crippen LogP contribution is 2.15. The summed E-state index contributed by atoms with van der Waals surface area (Å²) in [6, 6.07) is 13.3. The molecule has 1 atom stereocenters. The van der Waals surface area contributed by atoms with Gasteiger partial charge in [-0.1, -0.05) is 45.0 Å². The summed E-state index contributed by atoms with van der Waals surface area (Å²) in [5, 5.41) is 4.80. The lowest BCUT2D eigenvalue weighted by Gasteiger charge is -2.21. The smallest absolute Gasteiger partial charge is 0.0705 e. The van der Waals surface area contributed by atoms with Crippen LogP contribution >= 0.6 is 0 Å². The van der Waals surface area contributed by atoms with E-state index in [4.69, 9.17) is 4.98 Å². The molecular weight excluding hydrogens is 244 g/mol. The number of benzene rings is 1. The van der Waals surface area contributed by atoms with Crippen molar-refractivity contribution in [3.63, 3.8) is 0 Å². The van der Waals surface area contributed by atoms with Gasteiger partial charge in [-0.2, -0.15) is 0 Å². The molecule has 1 aromatic carbocycles. The van der Waals surface area contributed by atoms with Crippen molar-refractivity contribution < 1.29 is 0 Å². The molecule has 0 aliphatic rings. The Labute approximate surface area is 122 Å². The zero-order valence-corrected chi connectivity index (χ0v) is 12.9. The Morgan fingerprint density at radius 1 is 1.10 bits per heavy atom. The second-order valence-electron chi connectivity index (χ2n) is 5.80. The maximum atomic E-state index is 4.74. The summed E-state index contributed by atoms with van der Waals surface area (Å²) in [7, 11) is 0. The molecule has 0 aliphatic carbocycles. The predicted molar refractivity (Wildman–Crippen MR) is 87.0 cm³/mol. The van der Waals surface area contributed by atoms with E-state index >= 15 is 0 Å². The minimum atomic E-state index is 0.625. The molecule has 2 aromatic rings. The highest BCUT2D eigenvalue weighted by molar-refractivity contribution is 5.78. The normalized spacial score (nSPS) is 13.0.